The number of carbonyl (C=O) groups excluding carboxylic acids is 2. The van der Waals surface area contributed by atoms with Crippen LogP contribution in [0.2, 0.25) is 5.02 Å². The number of benzene rings is 2. The van der Waals surface area contributed by atoms with Gasteiger partial charge >= 0.3 is 0 Å². The minimum Gasteiger partial charge on any atom is -0.354 e. The van der Waals surface area contributed by atoms with Crippen molar-refractivity contribution in [2.75, 3.05) is 23.7 Å². The summed E-state index contributed by atoms with van der Waals surface area (Å²) in [5.41, 5.74) is 2.79. The lowest BCUT2D eigenvalue weighted by atomic mass is 10.1. The molecular formula is C26H36ClN3O4S. The number of sulfonamides is 1. The molecule has 2 aromatic rings. The predicted octanol–water partition coefficient (Wildman–Crippen LogP) is 4.45. The fraction of sp³-hybridized carbons (Fsp3) is 0.462. The third-order valence-electron chi connectivity index (χ3n) is 5.84. The zero-order valence-electron chi connectivity index (χ0n) is 21.2. The average Bonchev–Trinajstić information content (AvgIpc) is 2.79. The maximum absolute atomic E-state index is 13.7. The Kier molecular flexibility index (Phi) is 10.6. The molecule has 0 heterocycles. The SMILES string of the molecule is CCCCNC(=O)[C@H](CC)N(Cc1cccc(C)c1)C(=O)CN(c1cccc(Cl)c1C)S(C)(=O)=O. The monoisotopic (exact) mass is 521 g/mol. The number of halogens is 1. The molecule has 9 heteroatoms. The zero-order valence-corrected chi connectivity index (χ0v) is 22.7. The van der Waals surface area contributed by atoms with Crippen molar-refractivity contribution in [1.82, 2.24) is 10.2 Å². The molecule has 192 valence electrons. The Morgan fingerprint density at radius 1 is 1.09 bits per heavy atom. The number of rotatable bonds is 12. The molecule has 0 saturated heterocycles. The van der Waals surface area contributed by atoms with Crippen molar-refractivity contribution in [2.45, 2.75) is 59.5 Å². The topological polar surface area (TPSA) is 86.8 Å². The quantitative estimate of drug-likeness (QED) is 0.418. The van der Waals surface area contributed by atoms with Crippen LogP contribution in [0.15, 0.2) is 42.5 Å². The number of anilines is 1. The van der Waals surface area contributed by atoms with Gasteiger partial charge in [0.2, 0.25) is 21.8 Å². The van der Waals surface area contributed by atoms with E-state index in [0.717, 1.165) is 34.5 Å². The molecule has 0 bridgehead atoms. The molecule has 0 spiro atoms. The first-order valence-electron chi connectivity index (χ1n) is 11.8. The van der Waals surface area contributed by atoms with Crippen molar-refractivity contribution in [3.05, 3.63) is 64.2 Å². The van der Waals surface area contributed by atoms with E-state index in [1.54, 1.807) is 25.1 Å². The van der Waals surface area contributed by atoms with Crippen LogP contribution in [0.5, 0.6) is 0 Å². The van der Waals surface area contributed by atoms with Crippen molar-refractivity contribution in [1.29, 1.82) is 0 Å². The van der Waals surface area contributed by atoms with Crippen LogP contribution < -0.4 is 9.62 Å². The summed E-state index contributed by atoms with van der Waals surface area (Å²) in [6.07, 6.45) is 3.22. The Morgan fingerprint density at radius 2 is 1.77 bits per heavy atom. The molecule has 2 amide bonds. The van der Waals surface area contributed by atoms with Crippen LogP contribution in [0.4, 0.5) is 5.69 Å². The molecule has 7 nitrogen and oxygen atoms in total. The van der Waals surface area contributed by atoms with E-state index in [1.807, 2.05) is 45.0 Å². The first kappa shape index (κ1) is 28.7. The second kappa shape index (κ2) is 12.9. The molecule has 0 radical (unpaired) electrons. The van der Waals surface area contributed by atoms with E-state index in [9.17, 15) is 18.0 Å². The molecule has 0 aliphatic heterocycles. The fourth-order valence-electron chi connectivity index (χ4n) is 3.89. The lowest BCUT2D eigenvalue weighted by Gasteiger charge is -2.33. The number of hydrogen-bond acceptors (Lipinski definition) is 4. The van der Waals surface area contributed by atoms with Crippen LogP contribution >= 0.6 is 11.6 Å². The molecule has 0 aliphatic carbocycles. The average molecular weight is 522 g/mol. The van der Waals surface area contributed by atoms with Crippen molar-refractivity contribution in [3.63, 3.8) is 0 Å². The third kappa shape index (κ3) is 7.97. The van der Waals surface area contributed by atoms with E-state index >= 15 is 0 Å². The number of amides is 2. The van der Waals surface area contributed by atoms with E-state index in [1.165, 1.54) is 4.90 Å². The fourth-order valence-corrected chi connectivity index (χ4v) is 4.96. The molecule has 0 saturated carbocycles. The number of carbonyl (C=O) groups is 2. The molecule has 35 heavy (non-hydrogen) atoms. The first-order chi connectivity index (χ1) is 16.5. The second-order valence-corrected chi connectivity index (χ2v) is 11.0. The molecule has 0 aliphatic rings. The smallest absolute Gasteiger partial charge is 0.244 e. The van der Waals surface area contributed by atoms with E-state index in [2.05, 4.69) is 5.32 Å². The summed E-state index contributed by atoms with van der Waals surface area (Å²) >= 11 is 6.23. The Bertz CT molecular complexity index is 1140. The van der Waals surface area contributed by atoms with Crippen LogP contribution in [-0.2, 0) is 26.2 Å². The summed E-state index contributed by atoms with van der Waals surface area (Å²) < 4.78 is 26.5. The van der Waals surface area contributed by atoms with E-state index in [4.69, 9.17) is 11.6 Å². The normalized spacial score (nSPS) is 12.2. The van der Waals surface area contributed by atoms with Gasteiger partial charge < -0.3 is 10.2 Å². The van der Waals surface area contributed by atoms with Gasteiger partial charge in [0, 0.05) is 18.1 Å². The lowest BCUT2D eigenvalue weighted by molar-refractivity contribution is -0.140. The molecule has 0 fully saturated rings. The molecule has 2 rings (SSSR count). The Hall–Kier alpha value is -2.58. The van der Waals surface area contributed by atoms with Crippen molar-refractivity contribution in [3.8, 4) is 0 Å². The molecule has 1 N–H and O–H groups in total. The highest BCUT2D eigenvalue weighted by atomic mass is 35.5. The molecule has 2 aromatic carbocycles. The van der Waals surface area contributed by atoms with E-state index in [0.29, 0.717) is 29.2 Å². The lowest BCUT2D eigenvalue weighted by Crippen LogP contribution is -2.52. The van der Waals surface area contributed by atoms with Crippen LogP contribution in [0, 0.1) is 13.8 Å². The highest BCUT2D eigenvalue weighted by molar-refractivity contribution is 7.92. The summed E-state index contributed by atoms with van der Waals surface area (Å²) in [5.74, 6) is -0.708. The van der Waals surface area contributed by atoms with Gasteiger partial charge in [-0.05, 0) is 49.9 Å². The number of nitrogens with one attached hydrogen (secondary N) is 1. The molecule has 0 aromatic heterocycles. The number of nitrogens with zero attached hydrogens (tertiary/aromatic N) is 2. The standard InChI is InChI=1S/C26H36ClN3O4S/c1-6-8-15-28-26(32)23(7-2)29(17-21-12-9-11-19(3)16-21)25(31)18-30(35(5,33)34)24-14-10-13-22(27)20(24)4/h9-14,16,23H,6-8,15,17-18H2,1-5H3,(H,28,32)/t23-/m0/s1. The third-order valence-corrected chi connectivity index (χ3v) is 7.37. The van der Waals surface area contributed by atoms with Gasteiger partial charge in [0.25, 0.3) is 0 Å². The van der Waals surface area contributed by atoms with Gasteiger partial charge in [0.05, 0.1) is 11.9 Å². The van der Waals surface area contributed by atoms with Crippen molar-refractivity contribution < 1.29 is 18.0 Å². The summed E-state index contributed by atoms with van der Waals surface area (Å²) in [4.78, 5) is 28.2. The molecular weight excluding hydrogens is 486 g/mol. The minimum atomic E-state index is -3.81. The highest BCUT2D eigenvalue weighted by Gasteiger charge is 2.32. The Labute approximate surface area is 214 Å². The van der Waals surface area contributed by atoms with Gasteiger partial charge in [-0.15, -0.1) is 0 Å². The zero-order chi connectivity index (χ0) is 26.2. The largest absolute Gasteiger partial charge is 0.354 e. The first-order valence-corrected chi connectivity index (χ1v) is 14.1. The Balaban J connectivity index is 2.45. The van der Waals surface area contributed by atoms with Gasteiger partial charge in [-0.3, -0.25) is 13.9 Å². The van der Waals surface area contributed by atoms with Gasteiger partial charge in [0.15, 0.2) is 0 Å². The number of aryl methyl sites for hydroxylation is 1. The van der Waals surface area contributed by atoms with Crippen LogP contribution in [0.1, 0.15) is 49.8 Å². The maximum Gasteiger partial charge on any atom is 0.244 e. The van der Waals surface area contributed by atoms with Crippen molar-refractivity contribution >= 4 is 39.1 Å². The number of hydrogen-bond donors (Lipinski definition) is 1. The van der Waals surface area contributed by atoms with Crippen LogP contribution in [0.3, 0.4) is 0 Å². The van der Waals surface area contributed by atoms with Gasteiger partial charge in [-0.2, -0.15) is 0 Å². The van der Waals surface area contributed by atoms with E-state index < -0.39 is 28.5 Å². The Morgan fingerprint density at radius 3 is 2.37 bits per heavy atom. The summed E-state index contributed by atoms with van der Waals surface area (Å²) in [6.45, 7) is 7.82. The molecule has 1 atom stereocenters. The summed E-state index contributed by atoms with van der Waals surface area (Å²) in [6, 6.07) is 11.9. The van der Waals surface area contributed by atoms with Gasteiger partial charge in [0.1, 0.15) is 12.6 Å². The van der Waals surface area contributed by atoms with Crippen molar-refractivity contribution in [2.24, 2.45) is 0 Å². The summed E-state index contributed by atoms with van der Waals surface area (Å²) in [7, 11) is -3.81. The van der Waals surface area contributed by atoms with Crippen LogP contribution in [-0.4, -0.2) is 50.5 Å². The van der Waals surface area contributed by atoms with E-state index in [-0.39, 0.29) is 12.5 Å². The highest BCUT2D eigenvalue weighted by Crippen LogP contribution is 2.28. The predicted molar refractivity (Wildman–Crippen MR) is 142 cm³/mol. The summed E-state index contributed by atoms with van der Waals surface area (Å²) in [5, 5.41) is 3.32. The second-order valence-electron chi connectivity index (χ2n) is 8.73. The minimum absolute atomic E-state index is 0.187. The maximum atomic E-state index is 13.7. The van der Waals surface area contributed by atoms with Gasteiger partial charge in [-0.1, -0.05) is 67.8 Å². The van der Waals surface area contributed by atoms with Gasteiger partial charge in [-0.25, -0.2) is 8.42 Å². The number of unbranched alkanes of at least 4 members (excludes halogenated alkanes) is 1. The molecule has 0 unspecified atom stereocenters. The van der Waals surface area contributed by atoms with Crippen LogP contribution in [0.25, 0.3) is 0 Å².